The Morgan fingerprint density at radius 2 is 2.31 bits per heavy atom. The van der Waals surface area contributed by atoms with Gasteiger partial charge >= 0.3 is 5.97 Å². The number of hydrogen-bond acceptors (Lipinski definition) is 3. The molecule has 0 aliphatic heterocycles. The van der Waals surface area contributed by atoms with Crippen LogP contribution in [0.5, 0.6) is 0 Å². The Hall–Kier alpha value is -0.750. The van der Waals surface area contributed by atoms with Crippen molar-refractivity contribution in [2.24, 2.45) is 0 Å². The first-order valence-corrected chi connectivity index (χ1v) is 6.13. The van der Waals surface area contributed by atoms with Gasteiger partial charge in [0, 0.05) is 16.5 Å². The molecule has 0 amide bonds. The summed E-state index contributed by atoms with van der Waals surface area (Å²) in [6.45, 7) is 2.08. The largest absolute Gasteiger partial charge is 0.460 e. The maximum absolute atomic E-state index is 11.6. The molecule has 0 radical (unpaired) electrons. The molecule has 0 atom stereocenters. The molecule has 0 spiro atoms. The minimum absolute atomic E-state index is 0.236. The summed E-state index contributed by atoms with van der Waals surface area (Å²) in [6, 6.07) is 5.27. The van der Waals surface area contributed by atoms with Crippen LogP contribution in [0.15, 0.2) is 22.6 Å². The monoisotopic (exact) mass is 350 g/mol. The molecule has 3 nitrogen and oxygen atoms in total. The first-order valence-electron chi connectivity index (χ1n) is 4.68. The molecule has 5 heteroatoms. The SMILES string of the molecule is CCOC(=O)c1oc2cc(Cl)ccc2c1I. The Balaban J connectivity index is 2.55. The quantitative estimate of drug-likeness (QED) is 0.610. The van der Waals surface area contributed by atoms with E-state index >= 15 is 0 Å². The lowest BCUT2D eigenvalue weighted by Crippen LogP contribution is -2.04. The van der Waals surface area contributed by atoms with E-state index in [9.17, 15) is 4.79 Å². The minimum atomic E-state index is -0.445. The lowest BCUT2D eigenvalue weighted by molar-refractivity contribution is 0.0491. The number of carbonyl (C=O) groups excluding carboxylic acids is 1. The van der Waals surface area contributed by atoms with Gasteiger partial charge in [0.05, 0.1) is 10.2 Å². The molecule has 0 bridgehead atoms. The fourth-order valence-corrected chi connectivity index (χ4v) is 2.30. The van der Waals surface area contributed by atoms with E-state index in [1.807, 2.05) is 6.07 Å². The van der Waals surface area contributed by atoms with Gasteiger partial charge in [0.15, 0.2) is 0 Å². The number of esters is 1. The van der Waals surface area contributed by atoms with E-state index in [-0.39, 0.29) is 5.76 Å². The van der Waals surface area contributed by atoms with E-state index < -0.39 is 5.97 Å². The first-order chi connectivity index (χ1) is 7.63. The van der Waals surface area contributed by atoms with Crippen LogP contribution in [-0.2, 0) is 4.74 Å². The van der Waals surface area contributed by atoms with Gasteiger partial charge < -0.3 is 9.15 Å². The Bertz CT molecular complexity index is 547. The third kappa shape index (κ3) is 2.04. The van der Waals surface area contributed by atoms with Crippen molar-refractivity contribution in [1.29, 1.82) is 0 Å². The number of hydrogen-bond donors (Lipinski definition) is 0. The molecule has 16 heavy (non-hydrogen) atoms. The third-order valence-corrected chi connectivity index (χ3v) is 3.36. The van der Waals surface area contributed by atoms with Crippen LogP contribution in [-0.4, -0.2) is 12.6 Å². The molecule has 0 N–H and O–H groups in total. The van der Waals surface area contributed by atoms with Gasteiger partial charge in [-0.05, 0) is 41.6 Å². The summed E-state index contributed by atoms with van der Waals surface area (Å²) in [7, 11) is 0. The highest BCUT2D eigenvalue weighted by molar-refractivity contribution is 14.1. The lowest BCUT2D eigenvalue weighted by atomic mass is 10.2. The summed E-state index contributed by atoms with van der Waals surface area (Å²) in [6.07, 6.45) is 0. The molecule has 1 heterocycles. The molecule has 0 fully saturated rings. The van der Waals surface area contributed by atoms with Gasteiger partial charge in [0.2, 0.25) is 5.76 Å². The highest BCUT2D eigenvalue weighted by atomic mass is 127. The smallest absolute Gasteiger partial charge is 0.375 e. The number of carbonyl (C=O) groups is 1. The lowest BCUT2D eigenvalue weighted by Gasteiger charge is -1.97. The predicted molar refractivity (Wildman–Crippen MR) is 69.9 cm³/mol. The zero-order valence-corrected chi connectivity index (χ0v) is 11.3. The molecular formula is C11H8ClIO3. The molecule has 2 aromatic rings. The minimum Gasteiger partial charge on any atom is -0.460 e. The standard InChI is InChI=1S/C11H8ClIO3/c1-2-15-11(14)10-9(13)7-4-3-6(12)5-8(7)16-10/h3-5H,2H2,1H3. The Morgan fingerprint density at radius 3 is 3.00 bits per heavy atom. The predicted octanol–water partition coefficient (Wildman–Crippen LogP) is 3.87. The van der Waals surface area contributed by atoms with Crippen molar-refractivity contribution in [3.05, 3.63) is 32.6 Å². The van der Waals surface area contributed by atoms with Gasteiger partial charge in [-0.3, -0.25) is 0 Å². The fraction of sp³-hybridized carbons (Fsp3) is 0.182. The van der Waals surface area contributed by atoms with Gasteiger partial charge in [-0.15, -0.1) is 0 Å². The highest BCUT2D eigenvalue weighted by Gasteiger charge is 2.19. The van der Waals surface area contributed by atoms with E-state index in [4.69, 9.17) is 20.8 Å². The van der Waals surface area contributed by atoms with E-state index in [1.54, 1.807) is 19.1 Å². The topological polar surface area (TPSA) is 39.4 Å². The maximum atomic E-state index is 11.6. The van der Waals surface area contributed by atoms with Gasteiger partial charge in [0.25, 0.3) is 0 Å². The number of benzene rings is 1. The molecule has 0 unspecified atom stereocenters. The van der Waals surface area contributed by atoms with Gasteiger partial charge in [0.1, 0.15) is 5.58 Å². The zero-order valence-electron chi connectivity index (χ0n) is 8.42. The number of fused-ring (bicyclic) bond motifs is 1. The van der Waals surface area contributed by atoms with E-state index in [0.29, 0.717) is 17.2 Å². The van der Waals surface area contributed by atoms with E-state index in [0.717, 1.165) is 8.96 Å². The average Bonchev–Trinajstić information content (AvgIpc) is 2.56. The van der Waals surface area contributed by atoms with Crippen molar-refractivity contribution < 1.29 is 13.9 Å². The molecule has 0 aliphatic carbocycles. The van der Waals surface area contributed by atoms with Crippen molar-refractivity contribution in [1.82, 2.24) is 0 Å². The molecule has 0 saturated carbocycles. The normalized spacial score (nSPS) is 10.7. The summed E-state index contributed by atoms with van der Waals surface area (Å²) in [4.78, 5) is 11.6. The molecule has 2 rings (SSSR count). The van der Waals surface area contributed by atoms with Crippen molar-refractivity contribution in [3.63, 3.8) is 0 Å². The van der Waals surface area contributed by atoms with Crippen LogP contribution in [0.4, 0.5) is 0 Å². The van der Waals surface area contributed by atoms with Gasteiger partial charge in [-0.25, -0.2) is 4.79 Å². The number of ether oxygens (including phenoxy) is 1. The molecule has 1 aromatic heterocycles. The molecule has 84 valence electrons. The van der Waals surface area contributed by atoms with Crippen LogP contribution in [0.25, 0.3) is 11.0 Å². The summed E-state index contributed by atoms with van der Waals surface area (Å²) in [5, 5.41) is 1.45. The highest BCUT2D eigenvalue weighted by Crippen LogP contribution is 2.29. The van der Waals surface area contributed by atoms with Crippen molar-refractivity contribution in [2.45, 2.75) is 6.92 Å². The Kier molecular flexibility index (Phi) is 3.39. The summed E-state index contributed by atoms with van der Waals surface area (Å²) >= 11 is 7.91. The first kappa shape index (κ1) is 11.7. The summed E-state index contributed by atoms with van der Waals surface area (Å²) in [5.41, 5.74) is 0.597. The molecule has 0 aliphatic rings. The summed E-state index contributed by atoms with van der Waals surface area (Å²) in [5.74, 6) is -0.209. The van der Waals surface area contributed by atoms with Crippen LogP contribution in [0, 0.1) is 3.57 Å². The van der Waals surface area contributed by atoms with Crippen LogP contribution in [0.1, 0.15) is 17.5 Å². The third-order valence-electron chi connectivity index (χ3n) is 2.05. The number of furan rings is 1. The Morgan fingerprint density at radius 1 is 1.56 bits per heavy atom. The average molecular weight is 351 g/mol. The van der Waals surface area contributed by atoms with E-state index in [2.05, 4.69) is 22.6 Å². The van der Waals surface area contributed by atoms with Crippen molar-refractivity contribution in [2.75, 3.05) is 6.61 Å². The second kappa shape index (κ2) is 4.63. The van der Waals surface area contributed by atoms with Crippen LogP contribution >= 0.6 is 34.2 Å². The van der Waals surface area contributed by atoms with Gasteiger partial charge in [-0.2, -0.15) is 0 Å². The molecule has 0 saturated heterocycles. The molecular weight excluding hydrogens is 342 g/mol. The molecule has 1 aromatic carbocycles. The number of rotatable bonds is 2. The van der Waals surface area contributed by atoms with Crippen molar-refractivity contribution >= 4 is 51.1 Å². The van der Waals surface area contributed by atoms with Crippen LogP contribution < -0.4 is 0 Å². The summed E-state index contributed by atoms with van der Waals surface area (Å²) < 4.78 is 11.1. The number of halogens is 2. The van der Waals surface area contributed by atoms with Crippen LogP contribution in [0.2, 0.25) is 5.02 Å². The second-order valence-electron chi connectivity index (χ2n) is 3.11. The Labute approximate surface area is 111 Å². The van der Waals surface area contributed by atoms with E-state index in [1.165, 1.54) is 0 Å². The maximum Gasteiger partial charge on any atom is 0.375 e. The fourth-order valence-electron chi connectivity index (χ4n) is 1.37. The van der Waals surface area contributed by atoms with Crippen molar-refractivity contribution in [3.8, 4) is 0 Å². The van der Waals surface area contributed by atoms with Gasteiger partial charge in [-0.1, -0.05) is 11.6 Å². The second-order valence-corrected chi connectivity index (χ2v) is 4.62. The van der Waals surface area contributed by atoms with Crippen LogP contribution in [0.3, 0.4) is 0 Å². The zero-order chi connectivity index (χ0) is 11.7.